The number of fused-ring (bicyclic) bond motifs is 1. The van der Waals surface area contributed by atoms with E-state index in [1.54, 1.807) is 37.6 Å². The molecule has 6 rings (SSSR count). The van der Waals surface area contributed by atoms with Crippen molar-refractivity contribution in [2.45, 2.75) is 26.3 Å². The third-order valence-electron chi connectivity index (χ3n) is 7.40. The van der Waals surface area contributed by atoms with Crippen LogP contribution in [0.25, 0.3) is 20.9 Å². The summed E-state index contributed by atoms with van der Waals surface area (Å²) >= 11 is 1.43. The van der Waals surface area contributed by atoms with Gasteiger partial charge in [-0.1, -0.05) is 17.7 Å². The molecule has 0 bridgehead atoms. The molecule has 226 valence electrons. The second-order valence-corrected chi connectivity index (χ2v) is 11.7. The van der Waals surface area contributed by atoms with Crippen molar-refractivity contribution < 1.29 is 27.9 Å². The SMILES string of the molecule is COCCNCc1ccc(-c2cc3nccc(Oc4ccc(NC(=O)C5(C(=O)Nc6ccc(C)cc6)CC5)cc4F)c3s2)o1. The highest BCUT2D eigenvalue weighted by atomic mass is 32.1. The maximum Gasteiger partial charge on any atom is 0.240 e. The van der Waals surface area contributed by atoms with Crippen LogP contribution in [0.5, 0.6) is 11.5 Å². The molecule has 0 aliphatic heterocycles. The zero-order valence-corrected chi connectivity index (χ0v) is 25.1. The lowest BCUT2D eigenvalue weighted by Crippen LogP contribution is -2.35. The van der Waals surface area contributed by atoms with Crippen LogP contribution in [0.3, 0.4) is 0 Å². The van der Waals surface area contributed by atoms with Gasteiger partial charge >= 0.3 is 0 Å². The molecule has 0 unspecified atom stereocenters. The van der Waals surface area contributed by atoms with Crippen LogP contribution in [0.2, 0.25) is 0 Å². The number of anilines is 2. The van der Waals surface area contributed by atoms with Crippen molar-refractivity contribution in [1.29, 1.82) is 0 Å². The van der Waals surface area contributed by atoms with Gasteiger partial charge in [-0.3, -0.25) is 14.6 Å². The molecule has 1 saturated carbocycles. The molecule has 0 atom stereocenters. The number of thiophene rings is 1. The molecule has 2 aromatic carbocycles. The predicted octanol–water partition coefficient (Wildman–Crippen LogP) is 6.89. The normalized spacial score (nSPS) is 13.5. The first-order chi connectivity index (χ1) is 21.3. The molecule has 5 aromatic rings. The first-order valence-corrected chi connectivity index (χ1v) is 15.0. The Balaban J connectivity index is 1.12. The first kappa shape index (κ1) is 29.5. The number of rotatable bonds is 12. The van der Waals surface area contributed by atoms with Crippen molar-refractivity contribution in [1.82, 2.24) is 10.3 Å². The zero-order chi connectivity index (χ0) is 30.7. The van der Waals surface area contributed by atoms with Crippen molar-refractivity contribution in [3.05, 3.63) is 90.1 Å². The molecule has 1 fully saturated rings. The summed E-state index contributed by atoms with van der Waals surface area (Å²) in [6, 6.07) is 18.9. The zero-order valence-electron chi connectivity index (χ0n) is 24.2. The number of halogens is 1. The minimum atomic E-state index is -1.18. The molecule has 3 heterocycles. The smallest absolute Gasteiger partial charge is 0.240 e. The summed E-state index contributed by atoms with van der Waals surface area (Å²) in [5, 5.41) is 8.77. The molecule has 1 aliphatic rings. The Morgan fingerprint density at radius 1 is 0.977 bits per heavy atom. The van der Waals surface area contributed by atoms with E-state index < -0.39 is 17.1 Å². The van der Waals surface area contributed by atoms with E-state index in [4.69, 9.17) is 13.9 Å². The summed E-state index contributed by atoms with van der Waals surface area (Å²) in [6.45, 7) is 3.87. The van der Waals surface area contributed by atoms with E-state index in [9.17, 15) is 9.59 Å². The van der Waals surface area contributed by atoms with Gasteiger partial charge in [0.25, 0.3) is 0 Å². The maximum absolute atomic E-state index is 15.2. The van der Waals surface area contributed by atoms with Gasteiger partial charge in [-0.25, -0.2) is 4.39 Å². The highest BCUT2D eigenvalue weighted by Gasteiger charge is 2.56. The highest BCUT2D eigenvalue weighted by Crippen LogP contribution is 2.48. The number of aromatic nitrogens is 1. The Labute approximate surface area is 257 Å². The minimum absolute atomic E-state index is 0.00823. The maximum atomic E-state index is 15.2. The van der Waals surface area contributed by atoms with Crippen LogP contribution in [0.1, 0.15) is 24.2 Å². The number of nitrogens with one attached hydrogen (secondary N) is 3. The van der Waals surface area contributed by atoms with Crippen molar-refractivity contribution in [2.24, 2.45) is 5.41 Å². The Morgan fingerprint density at radius 3 is 2.45 bits per heavy atom. The molecule has 2 amide bonds. The van der Waals surface area contributed by atoms with Gasteiger partial charge in [0, 0.05) is 43.4 Å². The first-order valence-electron chi connectivity index (χ1n) is 14.2. The van der Waals surface area contributed by atoms with Crippen LogP contribution in [-0.2, 0) is 20.9 Å². The number of benzene rings is 2. The monoisotopic (exact) mass is 614 g/mol. The van der Waals surface area contributed by atoms with Crippen LogP contribution < -0.4 is 20.7 Å². The van der Waals surface area contributed by atoms with Crippen LogP contribution in [0, 0.1) is 18.2 Å². The minimum Gasteiger partial charge on any atom is -0.459 e. The number of furan rings is 1. The van der Waals surface area contributed by atoms with Crippen LogP contribution in [-0.4, -0.2) is 37.1 Å². The van der Waals surface area contributed by atoms with Gasteiger partial charge in [-0.2, -0.15) is 0 Å². The van der Waals surface area contributed by atoms with E-state index in [-0.39, 0.29) is 17.3 Å². The van der Waals surface area contributed by atoms with E-state index >= 15 is 4.39 Å². The number of amides is 2. The number of pyridine rings is 1. The van der Waals surface area contributed by atoms with E-state index in [0.717, 1.165) is 27.4 Å². The number of carbonyl (C=O) groups excluding carboxylic acids is 2. The van der Waals surface area contributed by atoms with Gasteiger partial charge in [-0.05, 0) is 62.2 Å². The quantitative estimate of drug-likeness (QED) is 0.104. The number of methoxy groups -OCH3 is 1. The Bertz CT molecular complexity index is 1810. The van der Waals surface area contributed by atoms with Crippen molar-refractivity contribution in [3.8, 4) is 22.1 Å². The number of hydrogen-bond donors (Lipinski definition) is 3. The molecule has 0 radical (unpaired) electrons. The second-order valence-electron chi connectivity index (χ2n) is 10.7. The molecule has 1 aliphatic carbocycles. The standard InChI is InChI=1S/C33H31FN4O5S/c1-20-3-5-21(6-4-20)37-31(39)33(12-13-33)32(40)38-22-7-9-26(24(34)17-22)43-28-11-14-36-25-18-29(44-30(25)28)27-10-8-23(42-27)19-35-15-16-41-2/h3-11,14,17-18,35H,12-13,15-16,19H2,1-2H3,(H,37,39)(H,38,40). The molecule has 3 N–H and O–H groups in total. The summed E-state index contributed by atoms with van der Waals surface area (Å²) in [5.41, 5.74) is 1.44. The van der Waals surface area contributed by atoms with E-state index in [0.29, 0.717) is 48.7 Å². The highest BCUT2D eigenvalue weighted by molar-refractivity contribution is 7.22. The predicted molar refractivity (Wildman–Crippen MR) is 167 cm³/mol. The number of ether oxygens (including phenoxy) is 2. The lowest BCUT2D eigenvalue weighted by atomic mass is 10.0. The van der Waals surface area contributed by atoms with Gasteiger partial charge in [0.05, 0.1) is 28.2 Å². The summed E-state index contributed by atoms with van der Waals surface area (Å²) in [5.74, 6) is 0.437. The van der Waals surface area contributed by atoms with Crippen molar-refractivity contribution >= 4 is 44.7 Å². The fourth-order valence-electron chi connectivity index (χ4n) is 4.71. The molecule has 11 heteroatoms. The lowest BCUT2D eigenvalue weighted by Gasteiger charge is -2.16. The third-order valence-corrected chi connectivity index (χ3v) is 8.55. The van der Waals surface area contributed by atoms with Gasteiger partial charge < -0.3 is 29.8 Å². The molecule has 3 aromatic heterocycles. The number of aryl methyl sites for hydroxylation is 1. The molecule has 9 nitrogen and oxygen atoms in total. The second kappa shape index (κ2) is 12.6. The average Bonchev–Trinajstić information content (AvgIpc) is 3.50. The van der Waals surface area contributed by atoms with Gasteiger partial charge in [0.2, 0.25) is 11.8 Å². The molecule has 0 spiro atoms. The van der Waals surface area contributed by atoms with Crippen LogP contribution in [0.15, 0.2) is 77.3 Å². The Morgan fingerprint density at radius 2 is 1.73 bits per heavy atom. The Kier molecular flexibility index (Phi) is 8.42. The van der Waals surface area contributed by atoms with Gasteiger partial charge in [-0.15, -0.1) is 11.3 Å². The number of nitrogens with zero attached hydrogens (tertiary/aromatic N) is 1. The average molecular weight is 615 g/mol. The fourth-order valence-corrected chi connectivity index (χ4v) is 5.74. The summed E-state index contributed by atoms with van der Waals surface area (Å²) in [7, 11) is 1.66. The van der Waals surface area contributed by atoms with E-state index in [1.165, 1.54) is 23.5 Å². The third kappa shape index (κ3) is 6.35. The molecular formula is C33H31FN4O5S. The van der Waals surface area contributed by atoms with Crippen molar-refractivity contribution in [2.75, 3.05) is 30.9 Å². The summed E-state index contributed by atoms with van der Waals surface area (Å²) in [6.07, 6.45) is 2.45. The van der Waals surface area contributed by atoms with E-state index in [2.05, 4.69) is 20.9 Å². The van der Waals surface area contributed by atoms with Crippen LogP contribution in [0.4, 0.5) is 15.8 Å². The molecule has 0 saturated heterocycles. The summed E-state index contributed by atoms with van der Waals surface area (Å²) in [4.78, 5) is 31.3. The number of carbonyl (C=O) groups is 2. The van der Waals surface area contributed by atoms with E-state index in [1.807, 2.05) is 37.3 Å². The van der Waals surface area contributed by atoms with Gasteiger partial charge in [0.15, 0.2) is 11.6 Å². The molecular weight excluding hydrogens is 583 g/mol. The van der Waals surface area contributed by atoms with Crippen molar-refractivity contribution in [3.63, 3.8) is 0 Å². The largest absolute Gasteiger partial charge is 0.459 e. The van der Waals surface area contributed by atoms with Gasteiger partial charge in [0.1, 0.15) is 22.7 Å². The number of hydrogen-bond acceptors (Lipinski definition) is 8. The Hall–Kier alpha value is -4.58. The topological polar surface area (TPSA) is 115 Å². The van der Waals surface area contributed by atoms with Crippen LogP contribution >= 0.6 is 11.3 Å². The lowest BCUT2D eigenvalue weighted by molar-refractivity contribution is -0.131. The summed E-state index contributed by atoms with van der Waals surface area (Å²) < 4.78 is 33.0. The fraction of sp³-hybridized carbons (Fsp3) is 0.242. The molecule has 44 heavy (non-hydrogen) atoms.